The van der Waals surface area contributed by atoms with E-state index in [-0.39, 0.29) is 17.9 Å². The van der Waals surface area contributed by atoms with Gasteiger partial charge in [0.25, 0.3) is 5.69 Å². The van der Waals surface area contributed by atoms with Crippen LogP contribution < -0.4 is 0 Å². The molecule has 0 fully saturated rings. The summed E-state index contributed by atoms with van der Waals surface area (Å²) in [6, 6.07) is 11.3. The third-order valence-electron chi connectivity index (χ3n) is 3.01. The highest BCUT2D eigenvalue weighted by Gasteiger charge is 2.12. The van der Waals surface area contributed by atoms with Crippen LogP contribution in [0.4, 0.5) is 5.69 Å². The number of aromatic nitrogens is 1. The number of carbonyl (C=O) groups excluding carboxylic acids is 1. The van der Waals surface area contributed by atoms with Crippen molar-refractivity contribution in [2.75, 3.05) is 6.61 Å². The van der Waals surface area contributed by atoms with Crippen LogP contribution in [0.15, 0.2) is 48.2 Å². The van der Waals surface area contributed by atoms with Crippen molar-refractivity contribution in [3.8, 4) is 11.8 Å². The number of benzene rings is 1. The lowest BCUT2D eigenvalue weighted by molar-refractivity contribution is -0.384. The van der Waals surface area contributed by atoms with Crippen LogP contribution in [-0.4, -0.2) is 22.1 Å². The Morgan fingerprint density at radius 1 is 1.43 bits per heavy atom. The van der Waals surface area contributed by atoms with E-state index in [1.165, 1.54) is 18.2 Å². The third kappa shape index (κ3) is 3.63. The normalized spacial score (nSPS) is 10.9. The molecule has 0 aliphatic rings. The molecule has 116 valence electrons. The predicted octanol–water partition coefficient (Wildman–Crippen LogP) is 2.86. The molecule has 7 nitrogen and oxygen atoms in total. The fraction of sp³-hybridized carbons (Fsp3) is 0.125. The van der Waals surface area contributed by atoms with Crippen molar-refractivity contribution in [3.63, 3.8) is 0 Å². The van der Waals surface area contributed by atoms with Gasteiger partial charge in [0.05, 0.1) is 17.2 Å². The Morgan fingerprint density at radius 3 is 2.87 bits per heavy atom. The lowest BCUT2D eigenvalue weighted by Crippen LogP contribution is -2.06. The third-order valence-corrected chi connectivity index (χ3v) is 3.01. The minimum Gasteiger partial charge on any atom is -0.462 e. The van der Waals surface area contributed by atoms with Gasteiger partial charge in [-0.15, -0.1) is 0 Å². The van der Waals surface area contributed by atoms with Crippen molar-refractivity contribution in [1.82, 2.24) is 4.57 Å². The Morgan fingerprint density at radius 2 is 2.22 bits per heavy atom. The molecule has 0 saturated heterocycles. The average Bonchev–Trinajstić information content (AvgIpc) is 3.01. The lowest BCUT2D eigenvalue weighted by Gasteiger charge is -2.07. The smallest absolute Gasteiger partial charge is 0.348 e. The van der Waals surface area contributed by atoms with E-state index in [0.717, 1.165) is 0 Å². The molecule has 0 N–H and O–H groups in total. The van der Waals surface area contributed by atoms with Gasteiger partial charge in [-0.05, 0) is 31.2 Å². The minimum atomic E-state index is -0.707. The highest BCUT2D eigenvalue weighted by atomic mass is 16.6. The molecule has 0 amide bonds. The molecule has 0 aliphatic heterocycles. The Balaban J connectivity index is 2.44. The summed E-state index contributed by atoms with van der Waals surface area (Å²) in [6.07, 6.45) is 3.07. The van der Waals surface area contributed by atoms with E-state index in [9.17, 15) is 14.9 Å². The van der Waals surface area contributed by atoms with Crippen LogP contribution in [0.3, 0.4) is 0 Å². The second-order valence-electron chi connectivity index (χ2n) is 4.47. The number of hydrogen-bond donors (Lipinski definition) is 0. The van der Waals surface area contributed by atoms with Crippen LogP contribution in [-0.2, 0) is 9.53 Å². The van der Waals surface area contributed by atoms with E-state index in [0.29, 0.717) is 11.4 Å². The molecule has 7 heteroatoms. The SMILES string of the molecule is CCOC(=O)/C(C#N)=C\c1cccn1-c1cccc([N+](=O)[O-])c1. The second kappa shape index (κ2) is 7.04. The summed E-state index contributed by atoms with van der Waals surface area (Å²) in [6.45, 7) is 1.82. The zero-order valence-corrected chi connectivity index (χ0v) is 12.3. The van der Waals surface area contributed by atoms with Gasteiger partial charge in [-0.3, -0.25) is 10.1 Å². The number of nitrogens with zero attached hydrogens (tertiary/aromatic N) is 3. The second-order valence-corrected chi connectivity index (χ2v) is 4.47. The van der Waals surface area contributed by atoms with Gasteiger partial charge in [0.2, 0.25) is 0 Å². The number of nitriles is 1. The van der Waals surface area contributed by atoms with Gasteiger partial charge in [0.1, 0.15) is 11.6 Å². The number of rotatable bonds is 5. The Hall–Kier alpha value is -3.40. The maximum Gasteiger partial charge on any atom is 0.348 e. The summed E-state index contributed by atoms with van der Waals surface area (Å²) in [5.74, 6) is -0.707. The molecule has 1 aromatic carbocycles. The van der Waals surface area contributed by atoms with Crippen molar-refractivity contribution in [1.29, 1.82) is 5.26 Å². The van der Waals surface area contributed by atoms with Crippen LogP contribution in [0.1, 0.15) is 12.6 Å². The highest BCUT2D eigenvalue weighted by molar-refractivity contribution is 5.97. The Bertz CT molecular complexity index is 815. The molecule has 0 saturated carbocycles. The number of esters is 1. The van der Waals surface area contributed by atoms with Gasteiger partial charge in [-0.25, -0.2) is 4.79 Å². The quantitative estimate of drug-likeness (QED) is 0.278. The number of nitro benzene ring substituents is 1. The van der Waals surface area contributed by atoms with Crippen LogP contribution in [0.5, 0.6) is 0 Å². The first-order chi connectivity index (χ1) is 11.1. The molecule has 23 heavy (non-hydrogen) atoms. The lowest BCUT2D eigenvalue weighted by atomic mass is 10.2. The van der Waals surface area contributed by atoms with Crippen molar-refractivity contribution in [2.45, 2.75) is 6.92 Å². The first-order valence-electron chi connectivity index (χ1n) is 6.78. The van der Waals surface area contributed by atoms with E-state index in [1.807, 2.05) is 0 Å². The molecular formula is C16H13N3O4. The van der Waals surface area contributed by atoms with E-state index in [4.69, 9.17) is 10.00 Å². The van der Waals surface area contributed by atoms with Crippen LogP contribution in [0, 0.1) is 21.4 Å². The maximum absolute atomic E-state index is 11.7. The van der Waals surface area contributed by atoms with Gasteiger partial charge in [0.15, 0.2) is 0 Å². The molecule has 0 aliphatic carbocycles. The van der Waals surface area contributed by atoms with Crippen molar-refractivity contribution in [3.05, 3.63) is 64.0 Å². The number of nitro groups is 1. The van der Waals surface area contributed by atoms with E-state index in [2.05, 4.69) is 0 Å². The fourth-order valence-corrected chi connectivity index (χ4v) is 2.00. The molecule has 0 unspecified atom stereocenters. The summed E-state index contributed by atoms with van der Waals surface area (Å²) in [5, 5.41) is 20.0. The standard InChI is InChI=1S/C16H13N3O4/c1-2-23-16(20)12(11-17)9-13-7-4-8-18(13)14-5-3-6-15(10-14)19(21)22/h3-10H,2H2,1H3/b12-9-. The molecule has 2 aromatic rings. The van der Waals surface area contributed by atoms with E-state index < -0.39 is 10.9 Å². The zero-order chi connectivity index (χ0) is 16.8. The maximum atomic E-state index is 11.7. The summed E-state index contributed by atoms with van der Waals surface area (Å²) in [5.41, 5.74) is 0.904. The van der Waals surface area contributed by atoms with Gasteiger partial charge in [-0.1, -0.05) is 6.07 Å². The Kier molecular flexibility index (Phi) is 4.89. The van der Waals surface area contributed by atoms with Gasteiger partial charge in [-0.2, -0.15) is 5.26 Å². The molecule has 2 rings (SSSR count). The fourth-order valence-electron chi connectivity index (χ4n) is 2.00. The number of ether oxygens (including phenoxy) is 1. The van der Waals surface area contributed by atoms with Crippen molar-refractivity contribution < 1.29 is 14.5 Å². The summed E-state index contributed by atoms with van der Waals surface area (Å²) >= 11 is 0. The van der Waals surface area contributed by atoms with Gasteiger partial charge < -0.3 is 9.30 Å². The summed E-state index contributed by atoms with van der Waals surface area (Å²) in [7, 11) is 0. The molecule has 0 spiro atoms. The zero-order valence-electron chi connectivity index (χ0n) is 12.3. The first-order valence-corrected chi connectivity index (χ1v) is 6.78. The van der Waals surface area contributed by atoms with E-state index in [1.54, 1.807) is 48.0 Å². The molecule has 1 aromatic heterocycles. The number of non-ortho nitro benzene ring substituents is 1. The minimum absolute atomic E-state index is 0.0444. The van der Waals surface area contributed by atoms with Crippen LogP contribution >= 0.6 is 0 Å². The predicted molar refractivity (Wildman–Crippen MR) is 82.6 cm³/mol. The summed E-state index contributed by atoms with van der Waals surface area (Å²) in [4.78, 5) is 22.1. The highest BCUT2D eigenvalue weighted by Crippen LogP contribution is 2.20. The topological polar surface area (TPSA) is 98.2 Å². The molecule has 0 radical (unpaired) electrons. The van der Waals surface area contributed by atoms with Crippen molar-refractivity contribution in [2.24, 2.45) is 0 Å². The largest absolute Gasteiger partial charge is 0.462 e. The monoisotopic (exact) mass is 311 g/mol. The molecule has 0 bridgehead atoms. The van der Waals surface area contributed by atoms with Crippen molar-refractivity contribution >= 4 is 17.7 Å². The first kappa shape index (κ1) is 16.0. The molecular weight excluding hydrogens is 298 g/mol. The molecule has 1 heterocycles. The summed E-state index contributed by atoms with van der Waals surface area (Å²) < 4.78 is 6.45. The van der Waals surface area contributed by atoms with Crippen LogP contribution in [0.2, 0.25) is 0 Å². The van der Waals surface area contributed by atoms with Crippen LogP contribution in [0.25, 0.3) is 11.8 Å². The van der Waals surface area contributed by atoms with E-state index >= 15 is 0 Å². The average molecular weight is 311 g/mol. The van der Waals surface area contributed by atoms with Gasteiger partial charge >= 0.3 is 5.97 Å². The number of hydrogen-bond acceptors (Lipinski definition) is 5. The molecule has 0 atom stereocenters. The number of carbonyl (C=O) groups is 1. The Labute approximate surface area is 132 Å². The van der Waals surface area contributed by atoms with Gasteiger partial charge in [0, 0.05) is 24.0 Å².